The molecule has 0 radical (unpaired) electrons. The van der Waals surface area contributed by atoms with Crippen LogP contribution in [0.2, 0.25) is 0 Å². The number of rotatable bonds is 3. The van der Waals surface area contributed by atoms with Gasteiger partial charge in [0.1, 0.15) is 12.2 Å². The zero-order valence-electron chi connectivity index (χ0n) is 6.99. The summed E-state index contributed by atoms with van der Waals surface area (Å²) < 4.78 is 1.90. The van der Waals surface area contributed by atoms with E-state index in [1.807, 2.05) is 11.6 Å². The number of nitrogens with zero attached hydrogens (tertiary/aromatic N) is 3. The van der Waals surface area contributed by atoms with Crippen LogP contribution in [0.15, 0.2) is 6.33 Å². The van der Waals surface area contributed by atoms with Crippen LogP contribution in [0.1, 0.15) is 19.2 Å². The molecule has 0 fully saturated rings. The van der Waals surface area contributed by atoms with E-state index in [1.54, 1.807) is 6.33 Å². The van der Waals surface area contributed by atoms with Crippen molar-refractivity contribution in [2.45, 2.75) is 25.8 Å². The van der Waals surface area contributed by atoms with Crippen LogP contribution < -0.4 is 5.73 Å². The quantitative estimate of drug-likeness (QED) is 0.671. The summed E-state index contributed by atoms with van der Waals surface area (Å²) >= 11 is 0. The summed E-state index contributed by atoms with van der Waals surface area (Å²) in [6.07, 6.45) is 3.48. The second-order valence-electron chi connectivity index (χ2n) is 2.73. The average molecular weight is 154 g/mol. The molecule has 0 bridgehead atoms. The van der Waals surface area contributed by atoms with Crippen LogP contribution in [-0.2, 0) is 13.5 Å². The maximum atomic E-state index is 5.75. The van der Waals surface area contributed by atoms with Crippen LogP contribution in [0, 0.1) is 0 Å². The lowest BCUT2D eigenvalue weighted by Crippen LogP contribution is -2.23. The standard InChI is InChI=1S/C7H14N4/c1-3-6(8)4-7-10-9-5-11(7)2/h5-6H,3-4,8H2,1-2H3. The Balaban J connectivity index is 2.56. The second-order valence-corrected chi connectivity index (χ2v) is 2.73. The highest BCUT2D eigenvalue weighted by molar-refractivity contribution is 4.87. The first-order valence-corrected chi connectivity index (χ1v) is 3.82. The van der Waals surface area contributed by atoms with Gasteiger partial charge in [0.05, 0.1) is 0 Å². The van der Waals surface area contributed by atoms with Crippen LogP contribution in [0.5, 0.6) is 0 Å². The molecule has 0 saturated heterocycles. The molecule has 0 aromatic carbocycles. The lowest BCUT2D eigenvalue weighted by Gasteiger charge is -2.06. The normalized spacial score (nSPS) is 13.4. The van der Waals surface area contributed by atoms with Gasteiger partial charge in [0.15, 0.2) is 0 Å². The molecule has 0 amide bonds. The van der Waals surface area contributed by atoms with Gasteiger partial charge in [-0.3, -0.25) is 0 Å². The van der Waals surface area contributed by atoms with Gasteiger partial charge in [0.25, 0.3) is 0 Å². The average Bonchev–Trinajstić information content (AvgIpc) is 2.37. The van der Waals surface area contributed by atoms with Crippen molar-refractivity contribution < 1.29 is 0 Å². The predicted molar refractivity (Wildman–Crippen MR) is 43.0 cm³/mol. The van der Waals surface area contributed by atoms with E-state index in [9.17, 15) is 0 Å². The third kappa shape index (κ3) is 2.01. The summed E-state index contributed by atoms with van der Waals surface area (Å²) in [6, 6.07) is 0.206. The van der Waals surface area contributed by atoms with Gasteiger partial charge in [-0.15, -0.1) is 10.2 Å². The van der Waals surface area contributed by atoms with Gasteiger partial charge in [-0.1, -0.05) is 6.92 Å². The van der Waals surface area contributed by atoms with Gasteiger partial charge in [0, 0.05) is 19.5 Å². The fourth-order valence-corrected chi connectivity index (χ4v) is 0.871. The summed E-state index contributed by atoms with van der Waals surface area (Å²) in [5, 5.41) is 7.70. The molecule has 1 aromatic rings. The van der Waals surface area contributed by atoms with E-state index in [0.29, 0.717) is 0 Å². The van der Waals surface area contributed by atoms with Gasteiger partial charge in [0.2, 0.25) is 0 Å². The van der Waals surface area contributed by atoms with Crippen LogP contribution in [0.4, 0.5) is 0 Å². The molecule has 1 atom stereocenters. The van der Waals surface area contributed by atoms with E-state index < -0.39 is 0 Å². The van der Waals surface area contributed by atoms with Crippen LogP contribution in [0.3, 0.4) is 0 Å². The Morgan fingerprint density at radius 3 is 2.91 bits per heavy atom. The first kappa shape index (κ1) is 8.20. The van der Waals surface area contributed by atoms with Crippen molar-refractivity contribution in [3.63, 3.8) is 0 Å². The Morgan fingerprint density at radius 1 is 1.73 bits per heavy atom. The monoisotopic (exact) mass is 154 g/mol. The summed E-state index contributed by atoms with van der Waals surface area (Å²) in [5.74, 6) is 0.958. The van der Waals surface area contributed by atoms with Crippen molar-refractivity contribution in [2.75, 3.05) is 0 Å². The molecule has 4 nitrogen and oxygen atoms in total. The van der Waals surface area contributed by atoms with Crippen LogP contribution in [-0.4, -0.2) is 20.8 Å². The predicted octanol–water partition coefficient (Wildman–Crippen LogP) is 0.0949. The van der Waals surface area contributed by atoms with E-state index >= 15 is 0 Å². The molecule has 1 unspecified atom stereocenters. The number of hydrogen-bond acceptors (Lipinski definition) is 3. The Morgan fingerprint density at radius 2 is 2.45 bits per heavy atom. The van der Waals surface area contributed by atoms with Crippen LogP contribution in [0.25, 0.3) is 0 Å². The van der Waals surface area contributed by atoms with Gasteiger partial charge >= 0.3 is 0 Å². The second kappa shape index (κ2) is 3.48. The number of aryl methyl sites for hydroxylation is 1. The fraction of sp³-hybridized carbons (Fsp3) is 0.714. The van der Waals surface area contributed by atoms with Gasteiger partial charge < -0.3 is 10.3 Å². The van der Waals surface area contributed by atoms with Gasteiger partial charge in [-0.2, -0.15) is 0 Å². The zero-order valence-corrected chi connectivity index (χ0v) is 6.99. The minimum Gasteiger partial charge on any atom is -0.327 e. The molecule has 0 aliphatic carbocycles. The maximum absolute atomic E-state index is 5.75. The first-order chi connectivity index (χ1) is 5.24. The topological polar surface area (TPSA) is 56.7 Å². The molecule has 62 valence electrons. The summed E-state index contributed by atoms with van der Waals surface area (Å²) in [5.41, 5.74) is 5.75. The van der Waals surface area contributed by atoms with Gasteiger partial charge in [-0.25, -0.2) is 0 Å². The lowest BCUT2D eigenvalue weighted by atomic mass is 10.1. The molecule has 0 aliphatic heterocycles. The third-order valence-corrected chi connectivity index (χ3v) is 1.77. The Kier molecular flexibility index (Phi) is 2.59. The van der Waals surface area contributed by atoms with Crippen molar-refractivity contribution in [1.82, 2.24) is 14.8 Å². The Labute approximate surface area is 66.4 Å². The van der Waals surface area contributed by atoms with Gasteiger partial charge in [-0.05, 0) is 6.42 Å². The molecule has 0 saturated carbocycles. The zero-order chi connectivity index (χ0) is 8.27. The van der Waals surface area contributed by atoms with E-state index in [2.05, 4.69) is 17.1 Å². The Hall–Kier alpha value is -0.900. The summed E-state index contributed by atoms with van der Waals surface area (Å²) in [7, 11) is 1.93. The molecule has 2 N–H and O–H groups in total. The van der Waals surface area contributed by atoms with E-state index in [4.69, 9.17) is 5.73 Å². The van der Waals surface area contributed by atoms with Crippen molar-refractivity contribution in [1.29, 1.82) is 0 Å². The number of nitrogens with two attached hydrogens (primary N) is 1. The van der Waals surface area contributed by atoms with Crippen molar-refractivity contribution >= 4 is 0 Å². The third-order valence-electron chi connectivity index (χ3n) is 1.77. The highest BCUT2D eigenvalue weighted by Crippen LogP contribution is 1.98. The summed E-state index contributed by atoms with van der Waals surface area (Å²) in [4.78, 5) is 0. The molecular formula is C7H14N4. The fourth-order valence-electron chi connectivity index (χ4n) is 0.871. The molecule has 1 aromatic heterocycles. The highest BCUT2D eigenvalue weighted by atomic mass is 15.2. The molecule has 1 heterocycles. The Bertz CT molecular complexity index is 218. The van der Waals surface area contributed by atoms with Crippen molar-refractivity contribution in [3.05, 3.63) is 12.2 Å². The molecule has 4 heteroatoms. The number of aromatic nitrogens is 3. The number of hydrogen-bond donors (Lipinski definition) is 1. The SMILES string of the molecule is CCC(N)Cc1nncn1C. The minimum absolute atomic E-state index is 0.206. The molecule has 1 rings (SSSR count). The van der Waals surface area contributed by atoms with Crippen molar-refractivity contribution in [2.24, 2.45) is 12.8 Å². The highest BCUT2D eigenvalue weighted by Gasteiger charge is 2.05. The van der Waals surface area contributed by atoms with Crippen LogP contribution >= 0.6 is 0 Å². The van der Waals surface area contributed by atoms with E-state index in [1.165, 1.54) is 0 Å². The first-order valence-electron chi connectivity index (χ1n) is 3.82. The smallest absolute Gasteiger partial charge is 0.134 e. The molecule has 11 heavy (non-hydrogen) atoms. The summed E-state index contributed by atoms with van der Waals surface area (Å²) in [6.45, 7) is 2.07. The van der Waals surface area contributed by atoms with E-state index in [0.717, 1.165) is 18.7 Å². The maximum Gasteiger partial charge on any atom is 0.134 e. The lowest BCUT2D eigenvalue weighted by molar-refractivity contribution is 0.607. The van der Waals surface area contributed by atoms with Crippen molar-refractivity contribution in [3.8, 4) is 0 Å². The van der Waals surface area contributed by atoms with E-state index in [-0.39, 0.29) is 6.04 Å². The molecular weight excluding hydrogens is 140 g/mol. The largest absolute Gasteiger partial charge is 0.327 e. The molecule has 0 aliphatic rings. The minimum atomic E-state index is 0.206. The molecule has 0 spiro atoms.